The molecule has 0 saturated carbocycles. The summed E-state index contributed by atoms with van der Waals surface area (Å²) in [7, 11) is 0. The van der Waals surface area contributed by atoms with E-state index in [0.29, 0.717) is 20.3 Å². The molecular formula is C39H30Cl2F6Zr-2. The topological polar surface area (TPSA) is 0 Å². The van der Waals surface area contributed by atoms with Crippen LogP contribution in [0.4, 0.5) is 26.3 Å². The molecule has 48 heavy (non-hydrogen) atoms. The molecule has 0 radical (unpaired) electrons. The van der Waals surface area contributed by atoms with Gasteiger partial charge in [-0.1, -0.05) is 54.8 Å². The molecule has 0 amide bonds. The van der Waals surface area contributed by atoms with Gasteiger partial charge in [-0.25, -0.2) is 11.6 Å². The second kappa shape index (κ2) is 17.4. The van der Waals surface area contributed by atoms with Crippen LogP contribution in [0.25, 0.3) is 23.3 Å². The van der Waals surface area contributed by atoms with Crippen LogP contribution in [-0.4, -0.2) is 3.21 Å². The van der Waals surface area contributed by atoms with Crippen LogP contribution in [0.5, 0.6) is 0 Å². The molecule has 0 fully saturated rings. The number of rotatable bonds is 4. The molecule has 4 aromatic carbocycles. The SMILES string of the molecule is C=Cc1c[c-]c2c(c1)-c1cc(C=C)ccc1C2.CC1=CC(C)[C-]=C1.FC(F)(F)c1ccc([C](=[Zr+2])c2ccc(C(F)(F)F)cc2)cc1.[Cl-].[Cl-]. The third-order valence-electron chi connectivity index (χ3n) is 7.40. The average Bonchev–Trinajstić information content (AvgIpc) is 3.60. The number of allylic oxidation sites excluding steroid dienone is 4. The van der Waals surface area contributed by atoms with E-state index in [-0.39, 0.29) is 24.8 Å². The van der Waals surface area contributed by atoms with Crippen molar-refractivity contribution in [1.82, 2.24) is 0 Å². The van der Waals surface area contributed by atoms with Gasteiger partial charge in [-0.15, -0.1) is 30.7 Å². The Kier molecular flexibility index (Phi) is 14.9. The summed E-state index contributed by atoms with van der Waals surface area (Å²) in [6.45, 7) is 11.9. The Morgan fingerprint density at radius 1 is 0.771 bits per heavy atom. The quantitative estimate of drug-likeness (QED) is 0.176. The summed E-state index contributed by atoms with van der Waals surface area (Å²) < 4.78 is 75.6. The maximum Gasteiger partial charge on any atom is -1.00 e. The van der Waals surface area contributed by atoms with E-state index in [9.17, 15) is 26.3 Å². The smallest absolute Gasteiger partial charge is 1.00 e. The van der Waals surface area contributed by atoms with E-state index in [1.165, 1.54) is 57.7 Å². The number of halogens is 8. The molecule has 2 aliphatic rings. The van der Waals surface area contributed by atoms with Gasteiger partial charge in [0.2, 0.25) is 0 Å². The molecule has 1 atom stereocenters. The minimum absolute atomic E-state index is 0. The van der Waals surface area contributed by atoms with E-state index in [2.05, 4.69) is 69.5 Å². The fraction of sp³-hybridized carbons (Fsp3) is 0.154. The van der Waals surface area contributed by atoms with Crippen molar-refractivity contribution in [3.8, 4) is 11.1 Å². The number of hydrogen-bond acceptors (Lipinski definition) is 0. The minimum Gasteiger partial charge on any atom is -1.00 e. The van der Waals surface area contributed by atoms with Crippen molar-refractivity contribution < 1.29 is 75.4 Å². The minimum atomic E-state index is -4.41. The molecule has 0 spiro atoms. The third-order valence-corrected chi connectivity index (χ3v) is 8.82. The Bertz CT molecular complexity index is 1680. The van der Waals surface area contributed by atoms with Crippen molar-refractivity contribution in [1.29, 1.82) is 0 Å². The summed E-state index contributed by atoms with van der Waals surface area (Å²) in [4.78, 5) is 0. The fourth-order valence-corrected chi connectivity index (χ4v) is 5.76. The van der Waals surface area contributed by atoms with Crippen molar-refractivity contribution >= 4 is 15.4 Å². The van der Waals surface area contributed by atoms with E-state index in [0.717, 1.165) is 60.5 Å². The molecule has 0 aliphatic heterocycles. The van der Waals surface area contributed by atoms with Gasteiger partial charge in [0.25, 0.3) is 0 Å². The van der Waals surface area contributed by atoms with Gasteiger partial charge in [-0.2, -0.15) is 29.8 Å². The Morgan fingerprint density at radius 3 is 1.67 bits per heavy atom. The van der Waals surface area contributed by atoms with Crippen molar-refractivity contribution in [3.05, 3.63) is 166 Å². The Morgan fingerprint density at radius 2 is 1.27 bits per heavy atom. The molecule has 4 aromatic rings. The number of alkyl halides is 6. The number of fused-ring (bicyclic) bond motifs is 3. The van der Waals surface area contributed by atoms with Crippen LogP contribution in [0, 0.1) is 18.1 Å². The molecule has 0 nitrogen and oxygen atoms in total. The van der Waals surface area contributed by atoms with E-state index in [1.54, 1.807) is 0 Å². The van der Waals surface area contributed by atoms with Gasteiger partial charge in [-0.05, 0) is 12.0 Å². The number of hydrogen-bond donors (Lipinski definition) is 0. The van der Waals surface area contributed by atoms with Gasteiger partial charge in [-0.3, -0.25) is 6.08 Å². The zero-order valence-corrected chi connectivity index (χ0v) is 30.0. The first-order valence-electron chi connectivity index (χ1n) is 14.3. The Balaban J connectivity index is 0.000000272. The van der Waals surface area contributed by atoms with Crippen molar-refractivity contribution in [2.75, 3.05) is 0 Å². The molecule has 6 rings (SSSR count). The fourth-order valence-electron chi connectivity index (χ4n) is 4.94. The molecule has 0 bridgehead atoms. The van der Waals surface area contributed by atoms with Crippen LogP contribution in [0.2, 0.25) is 0 Å². The van der Waals surface area contributed by atoms with Crippen LogP contribution < -0.4 is 24.8 Å². The molecule has 2 aliphatic carbocycles. The monoisotopic (exact) mass is 772 g/mol. The molecule has 0 N–H and O–H groups in total. The van der Waals surface area contributed by atoms with Crippen LogP contribution in [0.15, 0.2) is 110 Å². The van der Waals surface area contributed by atoms with Crippen molar-refractivity contribution in [2.45, 2.75) is 32.6 Å². The summed E-state index contributed by atoms with van der Waals surface area (Å²) >= 11 is 0.898. The van der Waals surface area contributed by atoms with E-state index >= 15 is 0 Å². The molecule has 9 heteroatoms. The zero-order chi connectivity index (χ0) is 33.6. The largest absolute Gasteiger partial charge is 1.00 e. The second-order valence-electron chi connectivity index (χ2n) is 10.9. The first-order chi connectivity index (χ1) is 21.7. The molecule has 0 aromatic heterocycles. The van der Waals surface area contributed by atoms with E-state index < -0.39 is 23.5 Å². The van der Waals surface area contributed by atoms with Gasteiger partial charge in [0.05, 0.1) is 0 Å². The van der Waals surface area contributed by atoms with Crippen molar-refractivity contribution in [2.24, 2.45) is 5.92 Å². The summed E-state index contributed by atoms with van der Waals surface area (Å²) in [5.41, 5.74) is 8.51. The van der Waals surface area contributed by atoms with Crippen LogP contribution in [0.3, 0.4) is 0 Å². The summed E-state index contributed by atoms with van der Waals surface area (Å²) in [6.07, 6.45) is 3.30. The third kappa shape index (κ3) is 10.6. The standard InChI is InChI=1S/C17H13.C15H8F6.C7H9.2ClH.Zr/c1-3-12-5-7-14-11-15-8-6-13(4-2)10-17(15)16(14)9-12;16-14(17,18)12-5-1-10(2-6-12)9-11-3-7-13(8-4-11)15(19,20)21;1-6-3-4-7(2)5-6;;;/h3-7,9-10H,1-2,11H2;1-8H;3,5,7H,1-2H3;2*1H;/q-1;;-1;;;+2/p-2. The number of benzene rings is 4. The van der Waals surface area contributed by atoms with Gasteiger partial charge in [0.1, 0.15) is 0 Å². The van der Waals surface area contributed by atoms with Gasteiger partial charge < -0.3 is 24.8 Å². The normalized spacial score (nSPS) is 14.0. The summed E-state index contributed by atoms with van der Waals surface area (Å²) in [6, 6.07) is 23.2. The second-order valence-corrected chi connectivity index (χ2v) is 12.1. The predicted octanol–water partition coefficient (Wildman–Crippen LogP) is 5.13. The van der Waals surface area contributed by atoms with E-state index in [4.69, 9.17) is 0 Å². The molecule has 0 heterocycles. The molecule has 1 unspecified atom stereocenters. The van der Waals surface area contributed by atoms with E-state index in [1.807, 2.05) is 24.3 Å². The van der Waals surface area contributed by atoms with Gasteiger partial charge in [0, 0.05) is 0 Å². The predicted molar refractivity (Wildman–Crippen MR) is 171 cm³/mol. The van der Waals surface area contributed by atoms with Crippen LogP contribution >= 0.6 is 0 Å². The van der Waals surface area contributed by atoms with Crippen molar-refractivity contribution in [3.63, 3.8) is 0 Å². The maximum absolute atomic E-state index is 12.5. The van der Waals surface area contributed by atoms with Crippen LogP contribution in [-0.2, 0) is 43.0 Å². The maximum atomic E-state index is 12.5. The average molecular weight is 775 g/mol. The first-order valence-corrected chi connectivity index (χ1v) is 15.6. The molecule has 248 valence electrons. The first kappa shape index (κ1) is 40.9. The van der Waals surface area contributed by atoms with Gasteiger partial charge >= 0.3 is 137 Å². The Labute approximate surface area is 305 Å². The summed E-state index contributed by atoms with van der Waals surface area (Å²) in [5, 5.41) is 0. The molecular weight excluding hydrogens is 745 g/mol. The zero-order valence-electron chi connectivity index (χ0n) is 26.0. The molecule has 0 saturated heterocycles. The summed E-state index contributed by atoms with van der Waals surface area (Å²) in [5.74, 6) is 0.556. The Hall–Kier alpha value is -3.25. The van der Waals surface area contributed by atoms with Crippen LogP contribution in [0.1, 0.15) is 58.4 Å². The van der Waals surface area contributed by atoms with Gasteiger partial charge in [0.15, 0.2) is 0 Å².